The van der Waals surface area contributed by atoms with Gasteiger partial charge in [0.15, 0.2) is 0 Å². The normalized spacial score (nSPS) is 16.0. The van der Waals surface area contributed by atoms with Crippen LogP contribution in [0.5, 0.6) is 0 Å². The number of benzene rings is 8. The lowest BCUT2D eigenvalue weighted by atomic mass is 9.88. The minimum atomic E-state index is -0.398. The fourth-order valence-corrected chi connectivity index (χ4v) is 7.77. The van der Waals surface area contributed by atoms with Crippen LogP contribution in [0.2, 0.25) is 0 Å². The van der Waals surface area contributed by atoms with Crippen molar-refractivity contribution in [2.24, 2.45) is 4.99 Å². The summed E-state index contributed by atoms with van der Waals surface area (Å²) in [4.78, 5) is 5.48. The lowest BCUT2D eigenvalue weighted by Crippen LogP contribution is -2.45. The topological polar surface area (TPSA) is 49.6 Å². The molecule has 4 heteroatoms. The van der Waals surface area contributed by atoms with Crippen molar-refractivity contribution in [3.8, 4) is 22.3 Å². The fourth-order valence-electron chi connectivity index (χ4n) is 7.77. The number of hydrogen-bond donors (Lipinski definition) is 2. The molecule has 2 heterocycles. The number of hydrogen-bond acceptors (Lipinski definition) is 4. The molecular weight excluding hydrogens is 623 g/mol. The second-order valence-corrected chi connectivity index (χ2v) is 13.2. The first-order valence-corrected chi connectivity index (χ1v) is 17.4. The number of rotatable bonds is 5. The number of aliphatic imine (C=N–C) groups is 1. The zero-order valence-corrected chi connectivity index (χ0v) is 27.8. The molecule has 2 N–H and O–H groups in total. The summed E-state index contributed by atoms with van der Waals surface area (Å²) < 4.78 is 6.52. The van der Waals surface area contributed by atoms with E-state index in [1.54, 1.807) is 0 Å². The van der Waals surface area contributed by atoms with Crippen molar-refractivity contribution in [1.29, 1.82) is 0 Å². The fraction of sp³-hybridized carbons (Fsp3) is 0.0426. The van der Waals surface area contributed by atoms with E-state index >= 15 is 0 Å². The molecule has 0 aliphatic carbocycles. The highest BCUT2D eigenvalue weighted by molar-refractivity contribution is 6.12. The molecule has 8 aromatic carbocycles. The first kappa shape index (κ1) is 29.4. The number of furan rings is 1. The standard InChI is InChI=1S/C47H33N3O/c1-3-14-31(15-4-1)35-25-26-38(37-20-10-9-19-36(35)37)39-27-28-42-43(40-21-11-12-22-41(40)51-42)44(39)47-49-45(32-16-5-2-6-17-32)48-46(50-47)34-24-23-30-13-7-8-18-33(30)29-34/h1-29,46-47,50H,(H,48,49). The monoisotopic (exact) mass is 655 g/mol. The van der Waals surface area contributed by atoms with E-state index in [0.717, 1.165) is 55.6 Å². The lowest BCUT2D eigenvalue weighted by Gasteiger charge is -2.33. The summed E-state index contributed by atoms with van der Waals surface area (Å²) in [5.74, 6) is 0.845. The number of fused-ring (bicyclic) bond motifs is 5. The Balaban J connectivity index is 1.23. The van der Waals surface area contributed by atoms with E-state index in [4.69, 9.17) is 9.41 Å². The Bertz CT molecular complexity index is 2770. The first-order valence-electron chi connectivity index (χ1n) is 17.4. The maximum absolute atomic E-state index is 6.52. The van der Waals surface area contributed by atoms with Gasteiger partial charge in [0.1, 0.15) is 29.3 Å². The Morgan fingerprint density at radius 1 is 0.471 bits per heavy atom. The van der Waals surface area contributed by atoms with Crippen molar-refractivity contribution in [3.63, 3.8) is 0 Å². The van der Waals surface area contributed by atoms with Crippen LogP contribution in [0.4, 0.5) is 0 Å². The minimum absolute atomic E-state index is 0.203. The highest BCUT2D eigenvalue weighted by Gasteiger charge is 2.30. The van der Waals surface area contributed by atoms with Crippen LogP contribution in [0.1, 0.15) is 29.0 Å². The Morgan fingerprint density at radius 3 is 1.90 bits per heavy atom. The number of amidine groups is 1. The van der Waals surface area contributed by atoms with Gasteiger partial charge in [-0.15, -0.1) is 0 Å². The Labute approximate surface area is 295 Å². The maximum atomic E-state index is 6.52. The van der Waals surface area contributed by atoms with Crippen LogP contribution in [0.15, 0.2) is 185 Å². The van der Waals surface area contributed by atoms with Crippen LogP contribution in [0.25, 0.3) is 65.7 Å². The predicted molar refractivity (Wildman–Crippen MR) is 211 cm³/mol. The number of nitrogens with zero attached hydrogens (tertiary/aromatic N) is 1. The smallest absolute Gasteiger partial charge is 0.135 e. The van der Waals surface area contributed by atoms with Gasteiger partial charge in [-0.2, -0.15) is 0 Å². The molecule has 1 aliphatic rings. The summed E-state index contributed by atoms with van der Waals surface area (Å²) in [6, 6.07) is 62.2. The second kappa shape index (κ2) is 12.1. The van der Waals surface area contributed by atoms with Crippen molar-refractivity contribution < 1.29 is 4.42 Å². The van der Waals surface area contributed by atoms with Gasteiger partial charge in [0.2, 0.25) is 0 Å². The minimum Gasteiger partial charge on any atom is -0.456 e. The zero-order valence-electron chi connectivity index (χ0n) is 27.8. The molecule has 9 aromatic rings. The largest absolute Gasteiger partial charge is 0.456 e. The molecule has 0 radical (unpaired) electrons. The van der Waals surface area contributed by atoms with Crippen molar-refractivity contribution in [3.05, 3.63) is 193 Å². The highest BCUT2D eigenvalue weighted by Crippen LogP contribution is 2.45. The summed E-state index contributed by atoms with van der Waals surface area (Å²) >= 11 is 0. The summed E-state index contributed by atoms with van der Waals surface area (Å²) in [6.07, 6.45) is -0.601. The molecule has 2 atom stereocenters. The van der Waals surface area contributed by atoms with Gasteiger partial charge < -0.3 is 9.73 Å². The van der Waals surface area contributed by atoms with Crippen LogP contribution >= 0.6 is 0 Å². The average Bonchev–Trinajstić information content (AvgIpc) is 3.59. The van der Waals surface area contributed by atoms with Gasteiger partial charge in [-0.3, -0.25) is 5.32 Å². The Morgan fingerprint density at radius 2 is 1.10 bits per heavy atom. The molecular formula is C47H33N3O. The van der Waals surface area contributed by atoms with Gasteiger partial charge in [-0.05, 0) is 67.6 Å². The van der Waals surface area contributed by atoms with Gasteiger partial charge in [0, 0.05) is 21.9 Å². The molecule has 0 fully saturated rings. The molecule has 0 spiro atoms. The van der Waals surface area contributed by atoms with E-state index in [1.165, 1.54) is 32.7 Å². The van der Waals surface area contributed by atoms with Crippen LogP contribution in [0.3, 0.4) is 0 Å². The Kier molecular flexibility index (Phi) is 7.00. The summed E-state index contributed by atoms with van der Waals surface area (Å²) in [5, 5.41) is 14.7. The summed E-state index contributed by atoms with van der Waals surface area (Å²) in [6.45, 7) is 0. The molecule has 10 rings (SSSR count). The van der Waals surface area contributed by atoms with Crippen molar-refractivity contribution >= 4 is 49.3 Å². The third kappa shape index (κ3) is 5.08. The first-order chi connectivity index (χ1) is 25.3. The van der Waals surface area contributed by atoms with Gasteiger partial charge in [0.25, 0.3) is 0 Å². The maximum Gasteiger partial charge on any atom is 0.135 e. The van der Waals surface area contributed by atoms with Crippen molar-refractivity contribution in [2.75, 3.05) is 0 Å². The number of nitrogens with one attached hydrogen (secondary N) is 2. The summed E-state index contributed by atoms with van der Waals surface area (Å²) in [5.41, 5.74) is 9.68. The van der Waals surface area contributed by atoms with E-state index in [9.17, 15) is 0 Å². The van der Waals surface area contributed by atoms with Crippen molar-refractivity contribution in [1.82, 2.24) is 10.6 Å². The number of para-hydroxylation sites is 1. The van der Waals surface area contributed by atoms with Crippen LogP contribution in [0, 0.1) is 0 Å². The molecule has 0 amide bonds. The quantitative estimate of drug-likeness (QED) is 0.194. The molecule has 51 heavy (non-hydrogen) atoms. The van der Waals surface area contributed by atoms with E-state index in [1.807, 2.05) is 12.1 Å². The second-order valence-electron chi connectivity index (χ2n) is 13.2. The van der Waals surface area contributed by atoms with Gasteiger partial charge in [0.05, 0.1) is 0 Å². The SMILES string of the molecule is c1ccc(C2=NC(c3c(-c4ccc(-c5ccccc5)c5ccccc45)ccc4oc5ccccc5c34)NC(c3ccc4ccccc4c3)N2)cc1. The third-order valence-electron chi connectivity index (χ3n) is 10.2. The van der Waals surface area contributed by atoms with Gasteiger partial charge >= 0.3 is 0 Å². The van der Waals surface area contributed by atoms with Crippen LogP contribution < -0.4 is 10.6 Å². The van der Waals surface area contributed by atoms with Crippen LogP contribution in [-0.4, -0.2) is 5.84 Å². The molecule has 1 aliphatic heterocycles. The van der Waals surface area contributed by atoms with E-state index in [2.05, 4.69) is 174 Å². The third-order valence-corrected chi connectivity index (χ3v) is 10.2. The highest BCUT2D eigenvalue weighted by atomic mass is 16.3. The zero-order chi connectivity index (χ0) is 33.7. The van der Waals surface area contributed by atoms with E-state index in [0.29, 0.717) is 0 Å². The van der Waals surface area contributed by atoms with E-state index < -0.39 is 6.17 Å². The molecule has 4 nitrogen and oxygen atoms in total. The Hall–Kier alpha value is -6.49. The average molecular weight is 656 g/mol. The molecule has 242 valence electrons. The summed E-state index contributed by atoms with van der Waals surface area (Å²) in [7, 11) is 0. The van der Waals surface area contributed by atoms with Crippen molar-refractivity contribution in [2.45, 2.75) is 12.3 Å². The molecule has 0 saturated carbocycles. The molecule has 0 bridgehead atoms. The predicted octanol–water partition coefficient (Wildman–Crippen LogP) is 11.6. The van der Waals surface area contributed by atoms with Crippen LogP contribution in [-0.2, 0) is 0 Å². The van der Waals surface area contributed by atoms with E-state index in [-0.39, 0.29) is 6.17 Å². The molecule has 1 aromatic heterocycles. The van der Waals surface area contributed by atoms with Gasteiger partial charge in [-0.1, -0.05) is 158 Å². The lowest BCUT2D eigenvalue weighted by molar-refractivity contribution is 0.411. The molecule has 2 unspecified atom stereocenters. The van der Waals surface area contributed by atoms with Gasteiger partial charge in [-0.25, -0.2) is 4.99 Å². The molecule has 0 saturated heterocycles.